The van der Waals surface area contributed by atoms with Crippen LogP contribution in [0.15, 0.2) is 12.3 Å². The lowest BCUT2D eigenvalue weighted by Gasteiger charge is -2.03. The largest absolute Gasteiger partial charge is 0.368 e. The minimum absolute atomic E-state index is 0. The third-order valence-corrected chi connectivity index (χ3v) is 1.56. The third-order valence-electron chi connectivity index (χ3n) is 1.35. The van der Waals surface area contributed by atoms with Crippen LogP contribution in [0.4, 0.5) is 10.2 Å². The highest BCUT2D eigenvalue weighted by Crippen LogP contribution is 2.14. The van der Waals surface area contributed by atoms with Gasteiger partial charge in [0.15, 0.2) is 11.6 Å². The molecule has 0 fully saturated rings. The maximum absolute atomic E-state index is 13.0. The molecule has 0 atom stereocenters. The van der Waals surface area contributed by atoms with Crippen molar-refractivity contribution in [2.24, 2.45) is 0 Å². The molecular formula is C8H11Cl2FN2. The monoisotopic (exact) mass is 224 g/mol. The molecule has 0 amide bonds. The molecular weight excluding hydrogens is 214 g/mol. The zero-order chi connectivity index (χ0) is 8.97. The fraction of sp³-hybridized carbons (Fsp3) is 0.375. The average molecular weight is 225 g/mol. The molecule has 0 aliphatic carbocycles. The number of nitrogens with one attached hydrogen (secondary N) is 1. The van der Waals surface area contributed by atoms with Crippen molar-refractivity contribution in [3.8, 4) is 0 Å². The Bertz CT molecular complexity index is 268. The molecule has 1 N–H and O–H groups in total. The molecule has 0 aromatic carbocycles. The van der Waals surface area contributed by atoms with Crippen LogP contribution in [0.2, 0.25) is 5.02 Å². The summed E-state index contributed by atoms with van der Waals surface area (Å²) < 4.78 is 13.0. The Balaban J connectivity index is 0.00000144. The van der Waals surface area contributed by atoms with Crippen LogP contribution in [0.25, 0.3) is 0 Å². The second-order valence-corrected chi connectivity index (χ2v) is 2.85. The van der Waals surface area contributed by atoms with Gasteiger partial charge in [-0.25, -0.2) is 9.37 Å². The van der Waals surface area contributed by atoms with E-state index >= 15 is 0 Å². The van der Waals surface area contributed by atoms with E-state index in [1.165, 1.54) is 12.3 Å². The maximum Gasteiger partial charge on any atom is 0.166 e. The van der Waals surface area contributed by atoms with Gasteiger partial charge in [0.05, 0.1) is 5.02 Å². The minimum atomic E-state index is -0.407. The van der Waals surface area contributed by atoms with Gasteiger partial charge >= 0.3 is 0 Å². The van der Waals surface area contributed by atoms with Gasteiger partial charge in [-0.15, -0.1) is 12.4 Å². The molecule has 1 aromatic heterocycles. The van der Waals surface area contributed by atoms with E-state index in [1.54, 1.807) is 0 Å². The number of hydrogen-bond acceptors (Lipinski definition) is 2. The molecule has 0 aliphatic heterocycles. The van der Waals surface area contributed by atoms with Gasteiger partial charge in [-0.1, -0.05) is 18.5 Å². The molecule has 0 spiro atoms. The Labute approximate surface area is 87.9 Å². The molecule has 0 radical (unpaired) electrons. The number of pyridine rings is 1. The molecule has 74 valence electrons. The fourth-order valence-corrected chi connectivity index (χ4v) is 0.933. The third kappa shape index (κ3) is 3.79. The van der Waals surface area contributed by atoms with Crippen LogP contribution in [0.1, 0.15) is 13.3 Å². The van der Waals surface area contributed by atoms with E-state index in [1.807, 2.05) is 6.92 Å². The minimum Gasteiger partial charge on any atom is -0.368 e. The summed E-state index contributed by atoms with van der Waals surface area (Å²) in [5.74, 6) is -0.141. The van der Waals surface area contributed by atoms with Crippen molar-refractivity contribution in [1.82, 2.24) is 4.98 Å². The first-order valence-corrected chi connectivity index (χ1v) is 4.16. The van der Waals surface area contributed by atoms with Gasteiger partial charge in [0.1, 0.15) is 0 Å². The van der Waals surface area contributed by atoms with E-state index in [4.69, 9.17) is 11.6 Å². The highest BCUT2D eigenvalue weighted by atomic mass is 35.5. The summed E-state index contributed by atoms with van der Waals surface area (Å²) >= 11 is 5.52. The Morgan fingerprint density at radius 1 is 1.62 bits per heavy atom. The molecule has 1 rings (SSSR count). The highest BCUT2D eigenvalue weighted by Gasteiger charge is 2.02. The Kier molecular flexibility index (Phi) is 5.75. The van der Waals surface area contributed by atoms with Gasteiger partial charge in [0.2, 0.25) is 0 Å². The number of hydrogen-bond donors (Lipinski definition) is 1. The van der Waals surface area contributed by atoms with Crippen molar-refractivity contribution in [2.45, 2.75) is 13.3 Å². The van der Waals surface area contributed by atoms with Crippen LogP contribution in [-0.4, -0.2) is 11.5 Å². The van der Waals surface area contributed by atoms with Gasteiger partial charge in [-0.2, -0.15) is 0 Å². The smallest absolute Gasteiger partial charge is 0.166 e. The topological polar surface area (TPSA) is 24.9 Å². The molecule has 1 heterocycles. The van der Waals surface area contributed by atoms with Crippen LogP contribution < -0.4 is 5.32 Å². The first-order chi connectivity index (χ1) is 5.74. The Hall–Kier alpha value is -0.540. The van der Waals surface area contributed by atoms with Gasteiger partial charge in [-0.05, 0) is 12.5 Å². The number of aromatic nitrogens is 1. The van der Waals surface area contributed by atoms with Gasteiger partial charge in [0, 0.05) is 12.7 Å². The average Bonchev–Trinajstić information content (AvgIpc) is 2.03. The van der Waals surface area contributed by atoms with E-state index in [-0.39, 0.29) is 18.2 Å². The lowest BCUT2D eigenvalue weighted by Crippen LogP contribution is -2.03. The SMILES string of the molecule is CCCNc1ncc(Cl)cc1F.Cl. The number of halogens is 3. The zero-order valence-electron chi connectivity index (χ0n) is 7.18. The summed E-state index contributed by atoms with van der Waals surface area (Å²) in [4.78, 5) is 3.80. The highest BCUT2D eigenvalue weighted by molar-refractivity contribution is 6.30. The van der Waals surface area contributed by atoms with Crippen LogP contribution >= 0.6 is 24.0 Å². The number of nitrogens with zero attached hydrogens (tertiary/aromatic N) is 1. The summed E-state index contributed by atoms with van der Waals surface area (Å²) in [6, 6.07) is 1.24. The number of anilines is 1. The lowest BCUT2D eigenvalue weighted by atomic mass is 10.4. The van der Waals surface area contributed by atoms with Gasteiger partial charge < -0.3 is 5.32 Å². The van der Waals surface area contributed by atoms with Crippen molar-refractivity contribution >= 4 is 29.8 Å². The number of rotatable bonds is 3. The van der Waals surface area contributed by atoms with Crippen molar-refractivity contribution in [3.05, 3.63) is 23.1 Å². The first kappa shape index (κ1) is 12.5. The Morgan fingerprint density at radius 2 is 2.31 bits per heavy atom. The first-order valence-electron chi connectivity index (χ1n) is 3.79. The Morgan fingerprint density at radius 3 is 2.85 bits per heavy atom. The van der Waals surface area contributed by atoms with Crippen LogP contribution in [0.5, 0.6) is 0 Å². The molecule has 0 aliphatic rings. The van der Waals surface area contributed by atoms with E-state index in [9.17, 15) is 4.39 Å². The zero-order valence-corrected chi connectivity index (χ0v) is 8.75. The molecule has 2 nitrogen and oxygen atoms in total. The van der Waals surface area contributed by atoms with Crippen molar-refractivity contribution in [1.29, 1.82) is 0 Å². The summed E-state index contributed by atoms with van der Waals surface area (Å²) in [6.45, 7) is 2.71. The summed E-state index contributed by atoms with van der Waals surface area (Å²) in [5.41, 5.74) is 0. The van der Waals surface area contributed by atoms with E-state index in [0.717, 1.165) is 6.42 Å². The second kappa shape index (κ2) is 6.00. The molecule has 0 saturated carbocycles. The molecule has 5 heteroatoms. The van der Waals surface area contributed by atoms with Crippen LogP contribution in [-0.2, 0) is 0 Å². The molecule has 0 saturated heterocycles. The molecule has 0 unspecified atom stereocenters. The van der Waals surface area contributed by atoms with E-state index in [0.29, 0.717) is 11.6 Å². The normalized spacial score (nSPS) is 9.15. The molecule has 1 aromatic rings. The predicted octanol–water partition coefficient (Wildman–Crippen LogP) is 3.12. The van der Waals surface area contributed by atoms with E-state index in [2.05, 4.69) is 10.3 Å². The summed E-state index contributed by atoms with van der Waals surface area (Å²) in [5, 5.41) is 3.16. The van der Waals surface area contributed by atoms with Crippen LogP contribution in [0, 0.1) is 5.82 Å². The fourth-order valence-electron chi connectivity index (χ4n) is 0.788. The van der Waals surface area contributed by atoms with Crippen molar-refractivity contribution in [2.75, 3.05) is 11.9 Å². The summed E-state index contributed by atoms with van der Waals surface area (Å²) in [6.07, 6.45) is 2.35. The van der Waals surface area contributed by atoms with Gasteiger partial charge in [0.25, 0.3) is 0 Å². The maximum atomic E-state index is 13.0. The van der Waals surface area contributed by atoms with E-state index < -0.39 is 5.82 Å². The standard InChI is InChI=1S/C8H10ClFN2.ClH/c1-2-3-11-8-7(10)4-6(9)5-12-8;/h4-5H,2-3H2,1H3,(H,11,12);1H. The van der Waals surface area contributed by atoms with Crippen molar-refractivity contribution in [3.63, 3.8) is 0 Å². The summed E-state index contributed by atoms with van der Waals surface area (Å²) in [7, 11) is 0. The molecule has 0 bridgehead atoms. The van der Waals surface area contributed by atoms with Gasteiger partial charge in [-0.3, -0.25) is 0 Å². The van der Waals surface area contributed by atoms with Crippen LogP contribution in [0.3, 0.4) is 0 Å². The lowest BCUT2D eigenvalue weighted by molar-refractivity contribution is 0.624. The molecule has 13 heavy (non-hydrogen) atoms. The second-order valence-electron chi connectivity index (χ2n) is 2.41. The quantitative estimate of drug-likeness (QED) is 0.854. The predicted molar refractivity (Wildman–Crippen MR) is 55.2 cm³/mol. The van der Waals surface area contributed by atoms with Crippen molar-refractivity contribution < 1.29 is 4.39 Å².